The van der Waals surface area contributed by atoms with E-state index in [0.29, 0.717) is 45.1 Å². The third kappa shape index (κ3) is 4.73. The maximum Gasteiger partial charge on any atom is 0.417 e. The predicted octanol–water partition coefficient (Wildman–Crippen LogP) is 4.70. The van der Waals surface area contributed by atoms with E-state index < -0.39 is 11.7 Å². The Balaban J connectivity index is 1.85. The molecule has 2 unspecified atom stereocenters. The number of anilines is 1. The number of ether oxygens (including phenoxy) is 1. The monoisotopic (exact) mass is 451 g/mol. The molecule has 1 aromatic carbocycles. The van der Waals surface area contributed by atoms with Gasteiger partial charge in [-0.2, -0.15) is 18.4 Å². The number of carbonyl (C=O) groups excluding carboxylic acids is 1. The number of nitriles is 1. The third-order valence-corrected chi connectivity index (χ3v) is 7.17. The molecule has 0 N–H and O–H groups in total. The van der Waals surface area contributed by atoms with E-state index in [1.165, 1.54) is 6.07 Å². The van der Waals surface area contributed by atoms with Crippen molar-refractivity contribution in [3.63, 3.8) is 0 Å². The van der Waals surface area contributed by atoms with Gasteiger partial charge in [0.25, 0.3) is 0 Å². The van der Waals surface area contributed by atoms with Crippen molar-refractivity contribution in [2.24, 2.45) is 17.3 Å². The van der Waals surface area contributed by atoms with Crippen LogP contribution in [-0.2, 0) is 15.7 Å². The molecule has 0 saturated carbocycles. The second kappa shape index (κ2) is 9.70. The second-order valence-corrected chi connectivity index (χ2v) is 8.96. The Morgan fingerprint density at radius 3 is 2.59 bits per heavy atom. The van der Waals surface area contributed by atoms with Gasteiger partial charge in [0.05, 0.1) is 23.8 Å². The molecule has 1 amide bonds. The lowest BCUT2D eigenvalue weighted by atomic mass is 9.73. The van der Waals surface area contributed by atoms with Gasteiger partial charge in [0.15, 0.2) is 0 Å². The van der Waals surface area contributed by atoms with Gasteiger partial charge in [-0.05, 0) is 44.4 Å². The molecular weight excluding hydrogens is 419 g/mol. The van der Waals surface area contributed by atoms with Gasteiger partial charge in [-0.3, -0.25) is 4.79 Å². The summed E-state index contributed by atoms with van der Waals surface area (Å²) in [7, 11) is 0. The van der Waals surface area contributed by atoms with Crippen LogP contribution in [-0.4, -0.2) is 50.2 Å². The van der Waals surface area contributed by atoms with Gasteiger partial charge in [-0.1, -0.05) is 13.8 Å². The number of hydrogen-bond donors (Lipinski definition) is 0. The lowest BCUT2D eigenvalue weighted by molar-refractivity contribution is -0.138. The normalized spacial score (nSPS) is 23.4. The molecule has 2 aliphatic rings. The van der Waals surface area contributed by atoms with E-state index in [-0.39, 0.29) is 28.7 Å². The zero-order chi connectivity index (χ0) is 23.5. The number of nitrogens with zero attached hydrogens (tertiary/aromatic N) is 3. The number of likely N-dealkylation sites (tertiary alicyclic amines) is 1. The molecule has 8 heteroatoms. The van der Waals surface area contributed by atoms with Crippen LogP contribution in [0.3, 0.4) is 0 Å². The average Bonchev–Trinajstić information content (AvgIpc) is 3.16. The first-order chi connectivity index (χ1) is 15.2. The SMILES string of the molecule is CCOCC12CCN(c3ccc(C#N)c(C(F)(F)F)c3)CC1CN(C(=O)C(CC)CC)C2. The number of carbonyl (C=O) groups is 1. The molecular formula is C24H32F3N3O2. The minimum Gasteiger partial charge on any atom is -0.381 e. The molecule has 0 bridgehead atoms. The molecule has 2 heterocycles. The second-order valence-electron chi connectivity index (χ2n) is 8.96. The van der Waals surface area contributed by atoms with Crippen molar-refractivity contribution >= 4 is 11.6 Å². The molecule has 0 spiro atoms. The van der Waals surface area contributed by atoms with Crippen LogP contribution in [0.2, 0.25) is 0 Å². The number of piperidine rings is 1. The zero-order valence-corrected chi connectivity index (χ0v) is 19.0. The van der Waals surface area contributed by atoms with Crippen molar-refractivity contribution in [2.75, 3.05) is 44.3 Å². The Morgan fingerprint density at radius 2 is 2.00 bits per heavy atom. The molecule has 176 valence electrons. The Hall–Kier alpha value is -2.27. The van der Waals surface area contributed by atoms with Gasteiger partial charge in [0.1, 0.15) is 0 Å². The first-order valence-electron chi connectivity index (χ1n) is 11.4. The smallest absolute Gasteiger partial charge is 0.381 e. The standard InChI is InChI=1S/C24H32F3N3O2/c1-4-17(5-2)22(31)30-14-19-13-29(10-9-23(19,15-30)16-32-6-3)20-8-7-18(12-28)21(11-20)24(25,26)27/h7-8,11,17,19H,4-6,9-10,13-16H2,1-3H3. The number of hydrogen-bond acceptors (Lipinski definition) is 4. The Bertz CT molecular complexity index is 863. The molecule has 32 heavy (non-hydrogen) atoms. The number of rotatable bonds is 7. The zero-order valence-electron chi connectivity index (χ0n) is 19.0. The Kier molecular flexibility index (Phi) is 7.39. The lowest BCUT2D eigenvalue weighted by Gasteiger charge is -2.44. The predicted molar refractivity (Wildman–Crippen MR) is 116 cm³/mol. The van der Waals surface area contributed by atoms with Crippen molar-refractivity contribution in [1.82, 2.24) is 4.90 Å². The average molecular weight is 452 g/mol. The largest absolute Gasteiger partial charge is 0.417 e. The Morgan fingerprint density at radius 1 is 1.28 bits per heavy atom. The van der Waals surface area contributed by atoms with Crippen LogP contribution in [0.1, 0.15) is 51.2 Å². The first kappa shape index (κ1) is 24.4. The van der Waals surface area contributed by atoms with E-state index in [0.717, 1.165) is 25.3 Å². The fourth-order valence-corrected chi connectivity index (χ4v) is 5.18. The van der Waals surface area contributed by atoms with Crippen molar-refractivity contribution < 1.29 is 22.7 Å². The summed E-state index contributed by atoms with van der Waals surface area (Å²) in [6.07, 6.45) is -2.24. The van der Waals surface area contributed by atoms with Crippen molar-refractivity contribution in [1.29, 1.82) is 5.26 Å². The maximum atomic E-state index is 13.5. The number of benzene rings is 1. The van der Waals surface area contributed by atoms with Crippen LogP contribution in [0.25, 0.3) is 0 Å². The van der Waals surface area contributed by atoms with E-state index in [1.54, 1.807) is 12.1 Å². The van der Waals surface area contributed by atoms with Gasteiger partial charge in [0, 0.05) is 55.7 Å². The van der Waals surface area contributed by atoms with Gasteiger partial charge in [-0.15, -0.1) is 0 Å². The molecule has 0 radical (unpaired) electrons. The van der Waals surface area contributed by atoms with Gasteiger partial charge < -0.3 is 14.5 Å². The topological polar surface area (TPSA) is 56.6 Å². The number of fused-ring (bicyclic) bond motifs is 1. The molecule has 2 fully saturated rings. The Labute approximate surface area is 188 Å². The quantitative estimate of drug-likeness (QED) is 0.603. The minimum atomic E-state index is -4.58. The van der Waals surface area contributed by atoms with Crippen LogP contribution in [0, 0.1) is 28.6 Å². The highest BCUT2D eigenvalue weighted by atomic mass is 19.4. The third-order valence-electron chi connectivity index (χ3n) is 7.17. The highest BCUT2D eigenvalue weighted by molar-refractivity contribution is 5.79. The van der Waals surface area contributed by atoms with Gasteiger partial charge >= 0.3 is 6.18 Å². The molecule has 1 aromatic rings. The molecule has 2 aliphatic heterocycles. The number of alkyl halides is 3. The molecule has 0 aromatic heterocycles. The van der Waals surface area contributed by atoms with Crippen LogP contribution in [0.5, 0.6) is 0 Å². The lowest BCUT2D eigenvalue weighted by Crippen LogP contribution is -2.49. The highest BCUT2D eigenvalue weighted by Gasteiger charge is 2.51. The molecule has 0 aliphatic carbocycles. The van der Waals surface area contributed by atoms with E-state index in [9.17, 15) is 18.0 Å². The summed E-state index contributed by atoms with van der Waals surface area (Å²) < 4.78 is 46.2. The molecule has 3 rings (SSSR count). The van der Waals surface area contributed by atoms with Crippen LogP contribution < -0.4 is 4.90 Å². The summed E-state index contributed by atoms with van der Waals surface area (Å²) in [6, 6.07) is 5.56. The van der Waals surface area contributed by atoms with Crippen molar-refractivity contribution in [3.8, 4) is 6.07 Å². The van der Waals surface area contributed by atoms with Gasteiger partial charge in [0.2, 0.25) is 5.91 Å². The molecule has 5 nitrogen and oxygen atoms in total. The van der Waals surface area contributed by atoms with E-state index >= 15 is 0 Å². The summed E-state index contributed by atoms with van der Waals surface area (Å²) in [5, 5.41) is 9.07. The van der Waals surface area contributed by atoms with Crippen molar-refractivity contribution in [3.05, 3.63) is 29.3 Å². The number of amides is 1. The van der Waals surface area contributed by atoms with E-state index in [1.807, 2.05) is 30.6 Å². The summed E-state index contributed by atoms with van der Waals surface area (Å²) in [6.45, 7) is 9.51. The summed E-state index contributed by atoms with van der Waals surface area (Å²) in [4.78, 5) is 17.0. The molecule has 2 atom stereocenters. The minimum absolute atomic E-state index is 0.00303. The first-order valence-corrected chi connectivity index (χ1v) is 11.4. The van der Waals surface area contributed by atoms with Crippen LogP contribution in [0.15, 0.2) is 18.2 Å². The summed E-state index contributed by atoms with van der Waals surface area (Å²) >= 11 is 0. The van der Waals surface area contributed by atoms with E-state index in [4.69, 9.17) is 10.00 Å². The van der Waals surface area contributed by atoms with Gasteiger partial charge in [-0.25, -0.2) is 0 Å². The van der Waals surface area contributed by atoms with Crippen LogP contribution >= 0.6 is 0 Å². The summed E-state index contributed by atoms with van der Waals surface area (Å²) in [5.74, 6) is 0.291. The van der Waals surface area contributed by atoms with Crippen molar-refractivity contribution in [2.45, 2.75) is 46.2 Å². The maximum absolute atomic E-state index is 13.5. The van der Waals surface area contributed by atoms with Crippen LogP contribution in [0.4, 0.5) is 18.9 Å². The van der Waals surface area contributed by atoms with E-state index in [2.05, 4.69) is 0 Å². The fourth-order valence-electron chi connectivity index (χ4n) is 5.18. The number of halogens is 3. The fraction of sp³-hybridized carbons (Fsp3) is 0.667. The highest BCUT2D eigenvalue weighted by Crippen LogP contribution is 2.45. The summed E-state index contributed by atoms with van der Waals surface area (Å²) in [5.41, 5.74) is -0.980. The molecule has 2 saturated heterocycles.